The van der Waals surface area contributed by atoms with Crippen molar-refractivity contribution >= 4 is 21.4 Å². The zero-order chi connectivity index (χ0) is 12.3. The smallest absolute Gasteiger partial charge is 0.235 e. The van der Waals surface area contributed by atoms with Gasteiger partial charge in [0.25, 0.3) is 0 Å². The predicted molar refractivity (Wildman–Crippen MR) is 65.1 cm³/mol. The molecule has 1 aromatic carbocycles. The number of nitrogens with one attached hydrogen (secondary N) is 1. The van der Waals surface area contributed by atoms with Crippen LogP contribution in [-0.2, 0) is 10.0 Å². The lowest BCUT2D eigenvalue weighted by Crippen LogP contribution is -2.22. The Morgan fingerprint density at radius 2 is 2.00 bits per heavy atom. The van der Waals surface area contributed by atoms with Gasteiger partial charge in [0.05, 0.1) is 18.0 Å². The number of ether oxygens (including phenoxy) is 1. The molecule has 0 fully saturated rings. The van der Waals surface area contributed by atoms with Gasteiger partial charge in [-0.2, -0.15) is 0 Å². The topological polar surface area (TPSA) is 81.4 Å². The van der Waals surface area contributed by atoms with Crippen LogP contribution in [0.15, 0.2) is 18.2 Å². The number of hydrogen-bond donors (Lipinski definition) is 2. The highest BCUT2D eigenvalue weighted by Gasteiger charge is 2.17. The van der Waals surface area contributed by atoms with Crippen molar-refractivity contribution in [1.29, 1.82) is 0 Å². The Labute approximate surface area is 95.7 Å². The molecule has 1 rings (SSSR count). The summed E-state index contributed by atoms with van der Waals surface area (Å²) in [6.45, 7) is 3.21. The fourth-order valence-corrected chi connectivity index (χ4v) is 1.77. The molecule has 0 atom stereocenters. The Kier molecular flexibility index (Phi) is 3.64. The maximum absolute atomic E-state index is 11.7. The Morgan fingerprint density at radius 3 is 2.50 bits per heavy atom. The maximum atomic E-state index is 11.7. The first-order valence-electron chi connectivity index (χ1n) is 4.82. The van der Waals surface area contributed by atoms with Crippen molar-refractivity contribution in [1.82, 2.24) is 0 Å². The fourth-order valence-electron chi connectivity index (χ4n) is 1.06. The molecule has 5 nitrogen and oxygen atoms in total. The summed E-state index contributed by atoms with van der Waals surface area (Å²) in [6, 6.07) is 4.76. The summed E-state index contributed by atoms with van der Waals surface area (Å²) >= 11 is 0. The van der Waals surface area contributed by atoms with Gasteiger partial charge in [-0.1, -0.05) is 0 Å². The number of methoxy groups -OCH3 is 1. The van der Waals surface area contributed by atoms with Crippen LogP contribution in [0.25, 0.3) is 0 Å². The molecule has 0 spiro atoms. The van der Waals surface area contributed by atoms with Gasteiger partial charge in [-0.25, -0.2) is 8.42 Å². The Hall–Kier alpha value is -1.43. The van der Waals surface area contributed by atoms with Crippen molar-refractivity contribution in [2.24, 2.45) is 0 Å². The molecular weight excluding hydrogens is 228 g/mol. The minimum absolute atomic E-state index is 0.394. The van der Waals surface area contributed by atoms with Crippen molar-refractivity contribution in [2.75, 3.05) is 17.6 Å². The standard InChI is InChI=1S/C10H16N2O3S/c1-7(2)16(13,14)12-9-5-4-8(11)6-10(9)15-3/h4-7,12H,11H2,1-3H3. The zero-order valence-corrected chi connectivity index (χ0v) is 10.3. The van der Waals surface area contributed by atoms with Gasteiger partial charge in [0.1, 0.15) is 5.75 Å². The molecule has 0 aliphatic rings. The summed E-state index contributed by atoms with van der Waals surface area (Å²) in [4.78, 5) is 0. The second-order valence-corrected chi connectivity index (χ2v) is 5.89. The molecule has 0 aliphatic heterocycles. The van der Waals surface area contributed by atoms with E-state index in [1.807, 2.05) is 0 Å². The van der Waals surface area contributed by atoms with Crippen LogP contribution < -0.4 is 15.2 Å². The summed E-state index contributed by atoms with van der Waals surface area (Å²) in [5, 5.41) is -0.505. The maximum Gasteiger partial charge on any atom is 0.235 e. The van der Waals surface area contributed by atoms with Gasteiger partial charge < -0.3 is 10.5 Å². The van der Waals surface area contributed by atoms with E-state index in [9.17, 15) is 8.42 Å². The van der Waals surface area contributed by atoms with Crippen LogP contribution in [-0.4, -0.2) is 20.8 Å². The van der Waals surface area contributed by atoms with Crippen molar-refractivity contribution < 1.29 is 13.2 Å². The van der Waals surface area contributed by atoms with Crippen LogP contribution in [0.3, 0.4) is 0 Å². The molecule has 90 valence electrons. The molecule has 1 aromatic rings. The predicted octanol–water partition coefficient (Wildman–Crippen LogP) is 1.43. The summed E-state index contributed by atoms with van der Waals surface area (Å²) in [6.07, 6.45) is 0. The lowest BCUT2D eigenvalue weighted by atomic mass is 10.2. The zero-order valence-electron chi connectivity index (χ0n) is 9.52. The van der Waals surface area contributed by atoms with Crippen molar-refractivity contribution in [2.45, 2.75) is 19.1 Å². The van der Waals surface area contributed by atoms with E-state index in [-0.39, 0.29) is 0 Å². The molecule has 0 aromatic heterocycles. The molecule has 0 amide bonds. The minimum Gasteiger partial charge on any atom is -0.494 e. The van der Waals surface area contributed by atoms with Gasteiger partial charge in [-0.15, -0.1) is 0 Å². The average molecular weight is 244 g/mol. The molecule has 0 unspecified atom stereocenters. The van der Waals surface area contributed by atoms with Crippen molar-refractivity contribution in [3.8, 4) is 5.75 Å². The van der Waals surface area contributed by atoms with Gasteiger partial charge >= 0.3 is 0 Å². The van der Waals surface area contributed by atoms with E-state index >= 15 is 0 Å². The van der Waals surface area contributed by atoms with Crippen LogP contribution in [0, 0.1) is 0 Å². The van der Waals surface area contributed by atoms with Crippen LogP contribution in [0.2, 0.25) is 0 Å². The van der Waals surface area contributed by atoms with Crippen molar-refractivity contribution in [3.05, 3.63) is 18.2 Å². The largest absolute Gasteiger partial charge is 0.494 e. The first-order chi connectivity index (χ1) is 7.36. The van der Waals surface area contributed by atoms with Gasteiger partial charge in [0, 0.05) is 11.8 Å². The summed E-state index contributed by atoms with van der Waals surface area (Å²) in [7, 11) is -1.91. The third-order valence-electron chi connectivity index (χ3n) is 2.10. The normalized spacial score (nSPS) is 11.5. The van der Waals surface area contributed by atoms with E-state index in [4.69, 9.17) is 10.5 Å². The molecular formula is C10H16N2O3S. The molecule has 0 aliphatic carbocycles. The summed E-state index contributed by atoms with van der Waals surface area (Å²) in [5.74, 6) is 0.407. The third-order valence-corrected chi connectivity index (χ3v) is 3.84. The van der Waals surface area contributed by atoms with E-state index < -0.39 is 15.3 Å². The number of hydrogen-bond acceptors (Lipinski definition) is 4. The Bertz CT molecular complexity index is 469. The monoisotopic (exact) mass is 244 g/mol. The molecule has 6 heteroatoms. The average Bonchev–Trinajstić information content (AvgIpc) is 2.20. The number of benzene rings is 1. The van der Waals surface area contributed by atoms with Gasteiger partial charge in [0.2, 0.25) is 10.0 Å². The molecule has 0 saturated heterocycles. The highest BCUT2D eigenvalue weighted by molar-refractivity contribution is 7.93. The SMILES string of the molecule is COc1cc(N)ccc1NS(=O)(=O)C(C)C. The number of nitrogens with two attached hydrogens (primary N) is 1. The van der Waals surface area contributed by atoms with E-state index in [1.165, 1.54) is 7.11 Å². The van der Waals surface area contributed by atoms with E-state index in [0.29, 0.717) is 17.1 Å². The molecule has 0 bridgehead atoms. The van der Waals surface area contributed by atoms with Gasteiger partial charge in [0.15, 0.2) is 0 Å². The van der Waals surface area contributed by atoms with Gasteiger partial charge in [-0.05, 0) is 26.0 Å². The number of rotatable bonds is 4. The molecule has 16 heavy (non-hydrogen) atoms. The first kappa shape index (κ1) is 12.6. The summed E-state index contributed by atoms with van der Waals surface area (Å²) in [5.41, 5.74) is 6.48. The summed E-state index contributed by atoms with van der Waals surface area (Å²) < 4.78 is 30.8. The Balaban J connectivity index is 3.07. The highest BCUT2D eigenvalue weighted by Crippen LogP contribution is 2.27. The third kappa shape index (κ3) is 2.79. The van der Waals surface area contributed by atoms with E-state index in [1.54, 1.807) is 32.0 Å². The van der Waals surface area contributed by atoms with E-state index in [0.717, 1.165) is 0 Å². The quantitative estimate of drug-likeness (QED) is 0.785. The fraction of sp³-hybridized carbons (Fsp3) is 0.400. The van der Waals surface area contributed by atoms with Crippen LogP contribution >= 0.6 is 0 Å². The van der Waals surface area contributed by atoms with Crippen LogP contribution in [0.5, 0.6) is 5.75 Å². The number of anilines is 2. The second kappa shape index (κ2) is 4.61. The van der Waals surface area contributed by atoms with E-state index in [2.05, 4.69) is 4.72 Å². The second-order valence-electron chi connectivity index (χ2n) is 3.66. The van der Waals surface area contributed by atoms with Gasteiger partial charge in [-0.3, -0.25) is 4.72 Å². The lowest BCUT2D eigenvalue weighted by molar-refractivity contribution is 0.417. The van der Waals surface area contributed by atoms with Crippen LogP contribution in [0.4, 0.5) is 11.4 Å². The molecule has 0 heterocycles. The molecule has 0 radical (unpaired) electrons. The lowest BCUT2D eigenvalue weighted by Gasteiger charge is -2.14. The minimum atomic E-state index is -3.37. The van der Waals surface area contributed by atoms with Crippen LogP contribution in [0.1, 0.15) is 13.8 Å². The molecule has 3 N–H and O–H groups in total. The highest BCUT2D eigenvalue weighted by atomic mass is 32.2. The Morgan fingerprint density at radius 1 is 1.38 bits per heavy atom. The molecule has 0 saturated carbocycles. The number of nitrogen functional groups attached to an aromatic ring is 1. The first-order valence-corrected chi connectivity index (χ1v) is 6.36. The van der Waals surface area contributed by atoms with Crippen molar-refractivity contribution in [3.63, 3.8) is 0 Å². The number of sulfonamides is 1.